The van der Waals surface area contributed by atoms with Crippen LogP contribution in [0.15, 0.2) is 59.1 Å². The molecule has 3 rings (SSSR count). The number of benzene rings is 2. The highest BCUT2D eigenvalue weighted by Gasteiger charge is 2.39. The van der Waals surface area contributed by atoms with E-state index in [-0.39, 0.29) is 12.5 Å². The molecule has 0 aliphatic carbocycles. The van der Waals surface area contributed by atoms with Crippen molar-refractivity contribution in [2.75, 3.05) is 6.54 Å². The first-order valence-electron chi connectivity index (χ1n) is 7.54. The first kappa shape index (κ1) is 16.2. The molecule has 1 aliphatic heterocycles. The predicted molar refractivity (Wildman–Crippen MR) is 91.0 cm³/mol. The van der Waals surface area contributed by atoms with Crippen LogP contribution >= 0.6 is 15.9 Å². The Balaban J connectivity index is 1.84. The van der Waals surface area contributed by atoms with Crippen LogP contribution in [0.5, 0.6) is 0 Å². The number of hydrogen-bond donors (Lipinski definition) is 2. The SMILES string of the molecule is O=C(c1ccccc1)N1C[C@@H](O)C[C@H]1[C@H](O)c1ccc(Br)cc1. The fourth-order valence-electron chi connectivity index (χ4n) is 3.00. The lowest BCUT2D eigenvalue weighted by atomic mass is 9.99. The van der Waals surface area contributed by atoms with Gasteiger partial charge in [0.05, 0.1) is 18.2 Å². The molecule has 0 radical (unpaired) electrons. The number of hydrogen-bond acceptors (Lipinski definition) is 3. The van der Waals surface area contributed by atoms with Gasteiger partial charge in [0.25, 0.3) is 5.91 Å². The van der Waals surface area contributed by atoms with Crippen LogP contribution in [0.25, 0.3) is 0 Å². The van der Waals surface area contributed by atoms with E-state index in [2.05, 4.69) is 15.9 Å². The molecular formula is C18H18BrNO3. The molecule has 0 aromatic heterocycles. The normalized spacial score (nSPS) is 22.1. The number of carbonyl (C=O) groups excluding carboxylic acids is 1. The zero-order valence-electron chi connectivity index (χ0n) is 12.5. The fraction of sp³-hybridized carbons (Fsp3) is 0.278. The molecule has 1 heterocycles. The van der Waals surface area contributed by atoms with Crippen LogP contribution < -0.4 is 0 Å². The summed E-state index contributed by atoms with van der Waals surface area (Å²) in [6.45, 7) is 0.242. The lowest BCUT2D eigenvalue weighted by Crippen LogP contribution is -2.39. The lowest BCUT2D eigenvalue weighted by molar-refractivity contribution is 0.0485. The van der Waals surface area contributed by atoms with Gasteiger partial charge in [-0.2, -0.15) is 0 Å². The van der Waals surface area contributed by atoms with Gasteiger partial charge < -0.3 is 15.1 Å². The average molecular weight is 376 g/mol. The summed E-state index contributed by atoms with van der Waals surface area (Å²) in [5.74, 6) is -0.164. The van der Waals surface area contributed by atoms with Crippen molar-refractivity contribution in [3.8, 4) is 0 Å². The van der Waals surface area contributed by atoms with Crippen molar-refractivity contribution in [2.45, 2.75) is 24.7 Å². The smallest absolute Gasteiger partial charge is 0.254 e. The zero-order valence-corrected chi connectivity index (χ0v) is 14.1. The Labute approximate surface area is 143 Å². The summed E-state index contributed by atoms with van der Waals surface area (Å²) in [4.78, 5) is 14.3. The van der Waals surface area contributed by atoms with Crippen molar-refractivity contribution >= 4 is 21.8 Å². The summed E-state index contributed by atoms with van der Waals surface area (Å²) < 4.78 is 0.928. The van der Waals surface area contributed by atoms with E-state index in [1.165, 1.54) is 0 Å². The first-order chi connectivity index (χ1) is 11.1. The molecule has 0 bridgehead atoms. The van der Waals surface area contributed by atoms with Crippen LogP contribution in [0, 0.1) is 0 Å². The summed E-state index contributed by atoms with van der Waals surface area (Å²) in [6.07, 6.45) is -1.07. The van der Waals surface area contributed by atoms with Crippen molar-refractivity contribution in [3.05, 3.63) is 70.2 Å². The number of nitrogens with zero attached hydrogens (tertiary/aromatic N) is 1. The van der Waals surface area contributed by atoms with E-state index in [4.69, 9.17) is 0 Å². The third-order valence-electron chi connectivity index (χ3n) is 4.18. The Hall–Kier alpha value is -1.69. The molecule has 0 unspecified atom stereocenters. The topological polar surface area (TPSA) is 60.8 Å². The third kappa shape index (κ3) is 3.47. The Morgan fingerprint density at radius 1 is 1.13 bits per heavy atom. The number of halogens is 1. The molecule has 120 valence electrons. The minimum atomic E-state index is -0.826. The second-order valence-corrected chi connectivity index (χ2v) is 6.69. The van der Waals surface area contributed by atoms with Crippen molar-refractivity contribution in [1.82, 2.24) is 4.90 Å². The monoisotopic (exact) mass is 375 g/mol. The molecule has 0 saturated carbocycles. The van der Waals surface area contributed by atoms with Crippen LogP contribution in [0.3, 0.4) is 0 Å². The highest BCUT2D eigenvalue weighted by Crippen LogP contribution is 2.31. The maximum Gasteiger partial charge on any atom is 0.254 e. The van der Waals surface area contributed by atoms with Gasteiger partial charge in [0.15, 0.2) is 0 Å². The molecule has 3 atom stereocenters. The van der Waals surface area contributed by atoms with Crippen LogP contribution in [0.2, 0.25) is 0 Å². The number of likely N-dealkylation sites (tertiary alicyclic amines) is 1. The molecule has 5 heteroatoms. The van der Waals surface area contributed by atoms with Gasteiger partial charge >= 0.3 is 0 Å². The number of rotatable bonds is 3. The van der Waals surface area contributed by atoms with Gasteiger partial charge in [0.2, 0.25) is 0 Å². The summed E-state index contributed by atoms with van der Waals surface area (Å²) in [5.41, 5.74) is 1.30. The Kier molecular flexibility index (Phi) is 4.80. The molecule has 23 heavy (non-hydrogen) atoms. The van der Waals surface area contributed by atoms with Crippen LogP contribution in [-0.2, 0) is 0 Å². The molecule has 2 aromatic carbocycles. The van der Waals surface area contributed by atoms with E-state index < -0.39 is 18.2 Å². The number of aliphatic hydroxyl groups excluding tert-OH is 2. The Morgan fingerprint density at radius 3 is 2.43 bits per heavy atom. The average Bonchev–Trinajstić information content (AvgIpc) is 2.97. The molecule has 1 aliphatic rings. The maximum absolute atomic E-state index is 12.7. The molecular weight excluding hydrogens is 358 g/mol. The number of carbonyl (C=O) groups is 1. The summed E-state index contributed by atoms with van der Waals surface area (Å²) in [5, 5.41) is 20.7. The summed E-state index contributed by atoms with van der Waals surface area (Å²) >= 11 is 3.37. The van der Waals surface area contributed by atoms with Crippen LogP contribution in [0.1, 0.15) is 28.4 Å². The van der Waals surface area contributed by atoms with Gasteiger partial charge in [-0.05, 0) is 36.2 Å². The number of β-amino-alcohol motifs (C(OH)–C–C–N with tert-alkyl or cyclic N) is 1. The Bertz CT molecular complexity index is 674. The van der Waals surface area contributed by atoms with E-state index in [1.54, 1.807) is 29.2 Å². The molecule has 2 N–H and O–H groups in total. The van der Waals surface area contributed by atoms with E-state index in [1.807, 2.05) is 30.3 Å². The van der Waals surface area contributed by atoms with Crippen molar-refractivity contribution in [2.24, 2.45) is 0 Å². The van der Waals surface area contributed by atoms with Crippen molar-refractivity contribution in [3.63, 3.8) is 0 Å². The third-order valence-corrected chi connectivity index (χ3v) is 4.71. The number of amides is 1. The molecule has 1 amide bonds. The van der Waals surface area contributed by atoms with Crippen LogP contribution in [0.4, 0.5) is 0 Å². The molecule has 1 fully saturated rings. The molecule has 0 spiro atoms. The van der Waals surface area contributed by atoms with Crippen molar-refractivity contribution < 1.29 is 15.0 Å². The quantitative estimate of drug-likeness (QED) is 0.866. The van der Waals surface area contributed by atoms with E-state index >= 15 is 0 Å². The van der Waals surface area contributed by atoms with Gasteiger partial charge in [-0.1, -0.05) is 46.3 Å². The molecule has 1 saturated heterocycles. The minimum absolute atomic E-state index is 0.164. The zero-order chi connectivity index (χ0) is 16.4. The molecule has 2 aromatic rings. The molecule has 4 nitrogen and oxygen atoms in total. The van der Waals surface area contributed by atoms with Gasteiger partial charge in [-0.15, -0.1) is 0 Å². The Morgan fingerprint density at radius 2 is 1.78 bits per heavy atom. The highest BCUT2D eigenvalue weighted by molar-refractivity contribution is 9.10. The second kappa shape index (κ2) is 6.83. The van der Waals surface area contributed by atoms with Crippen LogP contribution in [-0.4, -0.2) is 39.7 Å². The van der Waals surface area contributed by atoms with Gasteiger partial charge in [0.1, 0.15) is 0 Å². The van der Waals surface area contributed by atoms with Gasteiger partial charge in [-0.25, -0.2) is 0 Å². The van der Waals surface area contributed by atoms with Crippen molar-refractivity contribution in [1.29, 1.82) is 0 Å². The fourth-order valence-corrected chi connectivity index (χ4v) is 3.27. The summed E-state index contributed by atoms with van der Waals surface area (Å²) in [6, 6.07) is 15.9. The highest BCUT2D eigenvalue weighted by atomic mass is 79.9. The number of aliphatic hydroxyl groups is 2. The second-order valence-electron chi connectivity index (χ2n) is 5.78. The van der Waals surface area contributed by atoms with E-state index in [9.17, 15) is 15.0 Å². The van der Waals surface area contributed by atoms with E-state index in [0.717, 1.165) is 10.0 Å². The van der Waals surface area contributed by atoms with Gasteiger partial charge in [0, 0.05) is 16.6 Å². The largest absolute Gasteiger partial charge is 0.391 e. The maximum atomic E-state index is 12.7. The lowest BCUT2D eigenvalue weighted by Gasteiger charge is -2.28. The minimum Gasteiger partial charge on any atom is -0.391 e. The predicted octanol–water partition coefficient (Wildman–Crippen LogP) is 2.76. The van der Waals surface area contributed by atoms with E-state index in [0.29, 0.717) is 12.0 Å². The standard InChI is InChI=1S/C18H18BrNO3/c19-14-8-6-12(7-9-14)17(22)16-10-15(21)11-20(16)18(23)13-4-2-1-3-5-13/h1-9,15-17,21-22H,10-11H2/t15-,16-,17+/m0/s1. The first-order valence-corrected chi connectivity index (χ1v) is 8.33. The summed E-state index contributed by atoms with van der Waals surface area (Å²) in [7, 11) is 0. The van der Waals surface area contributed by atoms with Gasteiger partial charge in [-0.3, -0.25) is 4.79 Å².